The van der Waals surface area contributed by atoms with Crippen molar-refractivity contribution < 1.29 is 4.42 Å². The van der Waals surface area contributed by atoms with Gasteiger partial charge < -0.3 is 4.42 Å². The van der Waals surface area contributed by atoms with Crippen molar-refractivity contribution in [1.82, 2.24) is 10.2 Å². The normalized spacial score (nSPS) is 10.5. The van der Waals surface area contributed by atoms with Gasteiger partial charge in [-0.25, -0.2) is 0 Å². The maximum atomic E-state index is 9.21. The minimum absolute atomic E-state index is 0.595. The monoisotopic (exact) mass is 353 g/mol. The molecule has 24 heavy (non-hydrogen) atoms. The lowest BCUT2D eigenvalue weighted by Gasteiger charge is -2.05. The Labute approximate surface area is 149 Å². The van der Waals surface area contributed by atoms with Crippen LogP contribution < -0.4 is 0 Å². The summed E-state index contributed by atoms with van der Waals surface area (Å²) in [6.07, 6.45) is 2.00. The molecule has 3 aromatic rings. The van der Waals surface area contributed by atoms with Crippen LogP contribution in [0, 0.1) is 11.3 Å². The highest BCUT2D eigenvalue weighted by molar-refractivity contribution is 7.98. The van der Waals surface area contributed by atoms with E-state index in [1.54, 1.807) is 11.8 Å². The van der Waals surface area contributed by atoms with Crippen molar-refractivity contribution in [3.63, 3.8) is 0 Å². The molecule has 0 aliphatic rings. The van der Waals surface area contributed by atoms with Gasteiger partial charge in [0.1, 0.15) is 0 Å². The third-order valence-electron chi connectivity index (χ3n) is 3.39. The average molecular weight is 353 g/mol. The molecule has 0 atom stereocenters. The summed E-state index contributed by atoms with van der Waals surface area (Å²) in [6, 6.07) is 18.1. The molecule has 4 nitrogen and oxygen atoms in total. The third-order valence-corrected chi connectivity index (χ3v) is 4.82. The van der Waals surface area contributed by atoms with Crippen LogP contribution >= 0.6 is 23.5 Å². The van der Waals surface area contributed by atoms with E-state index in [9.17, 15) is 5.26 Å². The number of benzene rings is 2. The summed E-state index contributed by atoms with van der Waals surface area (Å²) in [7, 11) is 0. The molecule has 120 valence electrons. The highest BCUT2D eigenvalue weighted by Crippen LogP contribution is 2.26. The lowest BCUT2D eigenvalue weighted by Crippen LogP contribution is -1.85. The predicted molar refractivity (Wildman–Crippen MR) is 97.7 cm³/mol. The van der Waals surface area contributed by atoms with Gasteiger partial charge in [0.05, 0.1) is 17.4 Å². The largest absolute Gasteiger partial charge is 0.415 e. The molecule has 0 aliphatic heterocycles. The maximum Gasteiger partial charge on any atom is 0.276 e. The summed E-state index contributed by atoms with van der Waals surface area (Å²) in [4.78, 5) is 0. The van der Waals surface area contributed by atoms with Gasteiger partial charge >= 0.3 is 0 Å². The molecule has 0 aliphatic carbocycles. The van der Waals surface area contributed by atoms with Gasteiger partial charge in [-0.05, 0) is 29.0 Å². The molecule has 0 fully saturated rings. The number of thioether (sulfide) groups is 2. The molecule has 0 saturated carbocycles. The third kappa shape index (κ3) is 3.99. The van der Waals surface area contributed by atoms with Gasteiger partial charge in [-0.1, -0.05) is 54.2 Å². The molecule has 0 radical (unpaired) electrons. The van der Waals surface area contributed by atoms with E-state index in [2.05, 4.69) is 28.4 Å². The van der Waals surface area contributed by atoms with E-state index in [0.717, 1.165) is 22.6 Å². The van der Waals surface area contributed by atoms with Crippen LogP contribution in [0.2, 0.25) is 0 Å². The Bertz CT molecular complexity index is 853. The molecular formula is C18H15N3OS2. The highest BCUT2D eigenvalue weighted by atomic mass is 32.2. The lowest BCUT2D eigenvalue weighted by atomic mass is 10.00. The standard InChI is InChI=1S/C18H15N3OS2/c1-23-12-17-20-21-18(22-17)24-11-13-6-8-14(9-7-13)16-5-3-2-4-15(16)10-19/h2-9H,11-12H2,1H3. The van der Waals surface area contributed by atoms with Crippen molar-refractivity contribution in [1.29, 1.82) is 5.26 Å². The smallest absolute Gasteiger partial charge is 0.276 e. The zero-order valence-electron chi connectivity index (χ0n) is 13.1. The van der Waals surface area contributed by atoms with Crippen LogP contribution in [-0.2, 0) is 11.5 Å². The number of hydrogen-bond donors (Lipinski definition) is 0. The number of hydrogen-bond acceptors (Lipinski definition) is 6. The molecule has 0 spiro atoms. The van der Waals surface area contributed by atoms with Crippen molar-refractivity contribution in [3.8, 4) is 17.2 Å². The number of nitrogens with zero attached hydrogens (tertiary/aromatic N) is 3. The van der Waals surface area contributed by atoms with Crippen LogP contribution in [0.25, 0.3) is 11.1 Å². The van der Waals surface area contributed by atoms with Crippen LogP contribution in [0.1, 0.15) is 17.0 Å². The first kappa shape index (κ1) is 16.6. The molecule has 6 heteroatoms. The Morgan fingerprint density at radius 2 is 1.83 bits per heavy atom. The number of nitriles is 1. The fraction of sp³-hybridized carbons (Fsp3) is 0.167. The van der Waals surface area contributed by atoms with Crippen LogP contribution in [0.15, 0.2) is 58.2 Å². The van der Waals surface area contributed by atoms with Crippen LogP contribution in [0.4, 0.5) is 0 Å². The van der Waals surface area contributed by atoms with Gasteiger partial charge in [0.25, 0.3) is 5.22 Å². The quantitative estimate of drug-likeness (QED) is 0.595. The summed E-state index contributed by atoms with van der Waals surface area (Å²) >= 11 is 3.18. The molecule has 1 heterocycles. The van der Waals surface area contributed by atoms with Gasteiger partial charge in [-0.15, -0.1) is 10.2 Å². The van der Waals surface area contributed by atoms with E-state index in [0.29, 0.717) is 16.7 Å². The molecule has 1 aromatic heterocycles. The first-order valence-electron chi connectivity index (χ1n) is 7.32. The number of aromatic nitrogens is 2. The molecule has 0 unspecified atom stereocenters. The van der Waals surface area contributed by atoms with Crippen LogP contribution in [-0.4, -0.2) is 16.5 Å². The second kappa shape index (κ2) is 8.04. The van der Waals surface area contributed by atoms with Crippen molar-refractivity contribution in [3.05, 3.63) is 65.5 Å². The van der Waals surface area contributed by atoms with Crippen molar-refractivity contribution in [2.75, 3.05) is 6.26 Å². The summed E-state index contributed by atoms with van der Waals surface area (Å²) < 4.78 is 5.55. The van der Waals surface area contributed by atoms with Gasteiger partial charge in [0.2, 0.25) is 5.89 Å². The first-order valence-corrected chi connectivity index (χ1v) is 9.70. The van der Waals surface area contributed by atoms with E-state index in [1.807, 2.05) is 42.7 Å². The minimum Gasteiger partial charge on any atom is -0.415 e. The minimum atomic E-state index is 0.595. The molecule has 3 rings (SSSR count). The SMILES string of the molecule is CSCc1nnc(SCc2ccc(-c3ccccc3C#N)cc2)o1. The Balaban J connectivity index is 1.67. The summed E-state index contributed by atoms with van der Waals surface area (Å²) in [5, 5.41) is 17.8. The molecule has 0 N–H and O–H groups in total. The predicted octanol–water partition coefficient (Wildman–Crippen LogP) is 4.76. The van der Waals surface area contributed by atoms with E-state index >= 15 is 0 Å². The second-order valence-electron chi connectivity index (χ2n) is 5.04. The molecule has 0 saturated heterocycles. The molecule has 0 bridgehead atoms. The van der Waals surface area contributed by atoms with Gasteiger partial charge in [0.15, 0.2) is 0 Å². The highest BCUT2D eigenvalue weighted by Gasteiger charge is 2.07. The van der Waals surface area contributed by atoms with E-state index in [1.165, 1.54) is 17.3 Å². The van der Waals surface area contributed by atoms with Crippen molar-refractivity contribution in [2.24, 2.45) is 0 Å². The average Bonchev–Trinajstić information content (AvgIpc) is 3.08. The topological polar surface area (TPSA) is 62.7 Å². The fourth-order valence-electron chi connectivity index (χ4n) is 2.24. The Morgan fingerprint density at radius 1 is 1.04 bits per heavy atom. The van der Waals surface area contributed by atoms with Crippen LogP contribution in [0.3, 0.4) is 0 Å². The Kier molecular flexibility index (Phi) is 5.57. The lowest BCUT2D eigenvalue weighted by molar-refractivity contribution is 0.426. The Morgan fingerprint density at radius 3 is 2.58 bits per heavy atom. The number of rotatable bonds is 6. The maximum absolute atomic E-state index is 9.21. The molecule has 0 amide bonds. The zero-order valence-corrected chi connectivity index (χ0v) is 14.7. The van der Waals surface area contributed by atoms with E-state index < -0.39 is 0 Å². The van der Waals surface area contributed by atoms with Gasteiger partial charge in [-0.3, -0.25) is 0 Å². The molecular weight excluding hydrogens is 338 g/mol. The van der Waals surface area contributed by atoms with Crippen molar-refractivity contribution in [2.45, 2.75) is 16.7 Å². The summed E-state index contributed by atoms with van der Waals surface area (Å²) in [6.45, 7) is 0. The fourth-order valence-corrected chi connectivity index (χ4v) is 3.34. The first-order chi connectivity index (χ1) is 11.8. The van der Waals surface area contributed by atoms with Crippen LogP contribution in [0.5, 0.6) is 0 Å². The Hall–Kier alpha value is -2.23. The second-order valence-corrected chi connectivity index (χ2v) is 6.83. The van der Waals surface area contributed by atoms with E-state index in [4.69, 9.17) is 4.42 Å². The van der Waals surface area contributed by atoms with Crippen molar-refractivity contribution >= 4 is 23.5 Å². The van der Waals surface area contributed by atoms with E-state index in [-0.39, 0.29) is 0 Å². The summed E-state index contributed by atoms with van der Waals surface area (Å²) in [5.41, 5.74) is 3.85. The van der Waals surface area contributed by atoms with Gasteiger partial charge in [0, 0.05) is 5.75 Å². The molecule has 2 aromatic carbocycles. The summed E-state index contributed by atoms with van der Waals surface area (Å²) in [5.74, 6) is 2.16. The van der Waals surface area contributed by atoms with Gasteiger partial charge in [-0.2, -0.15) is 17.0 Å². The zero-order chi connectivity index (χ0) is 16.8.